The highest BCUT2D eigenvalue weighted by Crippen LogP contribution is 2.16. The molecule has 1 saturated heterocycles. The first-order valence-corrected chi connectivity index (χ1v) is 7.82. The van der Waals surface area contributed by atoms with E-state index in [0.717, 1.165) is 6.54 Å². The van der Waals surface area contributed by atoms with Crippen LogP contribution in [-0.2, 0) is 0 Å². The van der Waals surface area contributed by atoms with Gasteiger partial charge in [0, 0.05) is 12.6 Å². The lowest BCUT2D eigenvalue weighted by Gasteiger charge is -2.32. The van der Waals surface area contributed by atoms with E-state index in [1.54, 1.807) is 0 Å². The maximum absolute atomic E-state index is 5.97. The summed E-state index contributed by atoms with van der Waals surface area (Å²) < 4.78 is 0. The van der Waals surface area contributed by atoms with Gasteiger partial charge >= 0.3 is 0 Å². The van der Waals surface area contributed by atoms with Crippen LogP contribution >= 0.6 is 0 Å². The van der Waals surface area contributed by atoms with Crippen molar-refractivity contribution >= 4 is 0 Å². The molecular weight excluding hydrogens is 208 g/mol. The molecule has 0 radical (unpaired) electrons. The molecule has 1 aliphatic rings. The minimum absolute atomic E-state index is 0.657. The second kappa shape index (κ2) is 9.90. The van der Waals surface area contributed by atoms with Crippen molar-refractivity contribution in [3.63, 3.8) is 0 Å². The molecule has 1 heterocycles. The third-order valence-electron chi connectivity index (χ3n) is 4.07. The molecule has 2 N–H and O–H groups in total. The zero-order chi connectivity index (χ0) is 12.3. The quantitative estimate of drug-likeness (QED) is 0.690. The van der Waals surface area contributed by atoms with Gasteiger partial charge in [-0.15, -0.1) is 0 Å². The molecule has 17 heavy (non-hydrogen) atoms. The molecule has 0 aromatic rings. The van der Waals surface area contributed by atoms with Crippen LogP contribution in [0.4, 0.5) is 0 Å². The van der Waals surface area contributed by atoms with Crippen molar-refractivity contribution in [2.75, 3.05) is 19.6 Å². The first-order chi connectivity index (χ1) is 8.38. The van der Waals surface area contributed by atoms with E-state index in [1.807, 2.05) is 0 Å². The minimum Gasteiger partial charge on any atom is -0.329 e. The number of nitrogens with two attached hydrogens (primary N) is 1. The van der Waals surface area contributed by atoms with E-state index in [1.165, 1.54) is 77.3 Å². The summed E-state index contributed by atoms with van der Waals surface area (Å²) in [5, 5.41) is 0. The topological polar surface area (TPSA) is 29.3 Å². The molecule has 102 valence electrons. The molecular formula is C15H32N2. The van der Waals surface area contributed by atoms with Crippen LogP contribution in [-0.4, -0.2) is 30.6 Å². The fraction of sp³-hybridized carbons (Fsp3) is 1.00. The molecule has 1 rings (SSSR count). The van der Waals surface area contributed by atoms with Crippen LogP contribution in [0.1, 0.15) is 71.1 Å². The first kappa shape index (κ1) is 15.0. The van der Waals surface area contributed by atoms with Gasteiger partial charge in [-0.2, -0.15) is 0 Å². The predicted molar refractivity (Wildman–Crippen MR) is 76.3 cm³/mol. The van der Waals surface area contributed by atoms with Gasteiger partial charge in [0.15, 0.2) is 0 Å². The van der Waals surface area contributed by atoms with E-state index in [9.17, 15) is 0 Å². The van der Waals surface area contributed by atoms with Crippen LogP contribution in [0, 0.1) is 0 Å². The summed E-state index contributed by atoms with van der Waals surface area (Å²) in [6.07, 6.45) is 13.8. The Hall–Kier alpha value is -0.0800. The Morgan fingerprint density at radius 3 is 2.18 bits per heavy atom. The Labute approximate surface area is 108 Å². The molecule has 0 spiro atoms. The number of unbranched alkanes of at least 4 members (excludes halogenated alkanes) is 3. The second-order valence-electron chi connectivity index (χ2n) is 5.54. The van der Waals surface area contributed by atoms with Crippen molar-refractivity contribution in [3.05, 3.63) is 0 Å². The average Bonchev–Trinajstić information content (AvgIpc) is 2.30. The van der Waals surface area contributed by atoms with Gasteiger partial charge in [0.25, 0.3) is 0 Å². The second-order valence-corrected chi connectivity index (χ2v) is 5.54. The molecule has 0 aromatic carbocycles. The van der Waals surface area contributed by atoms with Crippen molar-refractivity contribution in [2.45, 2.75) is 77.2 Å². The maximum Gasteiger partial charge on any atom is 0.0218 e. The van der Waals surface area contributed by atoms with Gasteiger partial charge in [0.05, 0.1) is 0 Å². The van der Waals surface area contributed by atoms with E-state index < -0.39 is 0 Å². The monoisotopic (exact) mass is 240 g/mol. The van der Waals surface area contributed by atoms with Gasteiger partial charge in [0.1, 0.15) is 0 Å². The van der Waals surface area contributed by atoms with Gasteiger partial charge in [-0.25, -0.2) is 0 Å². The highest BCUT2D eigenvalue weighted by atomic mass is 15.2. The summed E-state index contributed by atoms with van der Waals surface area (Å²) in [5.41, 5.74) is 5.97. The van der Waals surface area contributed by atoms with Gasteiger partial charge in [-0.1, -0.05) is 51.9 Å². The fourth-order valence-corrected chi connectivity index (χ4v) is 2.89. The number of nitrogens with zero attached hydrogens (tertiary/aromatic N) is 1. The highest BCUT2D eigenvalue weighted by Gasteiger charge is 2.17. The van der Waals surface area contributed by atoms with Crippen molar-refractivity contribution in [2.24, 2.45) is 5.73 Å². The van der Waals surface area contributed by atoms with E-state index in [4.69, 9.17) is 5.73 Å². The molecule has 0 aromatic heterocycles. The van der Waals surface area contributed by atoms with Crippen molar-refractivity contribution < 1.29 is 0 Å². The fourth-order valence-electron chi connectivity index (χ4n) is 2.89. The van der Waals surface area contributed by atoms with Gasteiger partial charge in [0.2, 0.25) is 0 Å². The van der Waals surface area contributed by atoms with E-state index in [2.05, 4.69) is 11.8 Å². The summed E-state index contributed by atoms with van der Waals surface area (Å²) >= 11 is 0. The van der Waals surface area contributed by atoms with Crippen LogP contribution < -0.4 is 5.73 Å². The predicted octanol–water partition coefficient (Wildman–Crippen LogP) is 3.55. The summed E-state index contributed by atoms with van der Waals surface area (Å²) in [7, 11) is 0. The van der Waals surface area contributed by atoms with Gasteiger partial charge < -0.3 is 5.73 Å². The van der Waals surface area contributed by atoms with E-state index >= 15 is 0 Å². The standard InChI is InChI=1S/C15H32N2/c1-2-3-4-8-11-15(14-16)17-12-9-6-5-7-10-13-17/h15H,2-14,16H2,1H3. The molecule has 1 fully saturated rings. The first-order valence-electron chi connectivity index (χ1n) is 7.82. The third-order valence-corrected chi connectivity index (χ3v) is 4.07. The van der Waals surface area contributed by atoms with Crippen molar-refractivity contribution in [3.8, 4) is 0 Å². The third kappa shape index (κ3) is 6.42. The molecule has 0 bridgehead atoms. The van der Waals surface area contributed by atoms with Gasteiger partial charge in [-0.05, 0) is 32.4 Å². The Bertz CT molecular complexity index is 162. The summed E-state index contributed by atoms with van der Waals surface area (Å²) in [6, 6.07) is 0.657. The SMILES string of the molecule is CCCCCCC(CN)N1CCCCCCC1. The lowest BCUT2D eigenvalue weighted by Crippen LogP contribution is -2.42. The molecule has 1 aliphatic heterocycles. The van der Waals surface area contributed by atoms with Crippen LogP contribution in [0.15, 0.2) is 0 Å². The molecule has 1 unspecified atom stereocenters. The van der Waals surface area contributed by atoms with E-state index in [0.29, 0.717) is 6.04 Å². The Balaban J connectivity index is 2.25. The molecule has 1 atom stereocenters. The molecule has 2 nitrogen and oxygen atoms in total. The van der Waals surface area contributed by atoms with Crippen molar-refractivity contribution in [1.29, 1.82) is 0 Å². The molecule has 2 heteroatoms. The van der Waals surface area contributed by atoms with Crippen LogP contribution in [0.2, 0.25) is 0 Å². The molecule has 0 aliphatic carbocycles. The van der Waals surface area contributed by atoms with Crippen molar-refractivity contribution in [1.82, 2.24) is 4.90 Å². The molecule has 0 saturated carbocycles. The maximum atomic E-state index is 5.97. The summed E-state index contributed by atoms with van der Waals surface area (Å²) in [5.74, 6) is 0. The van der Waals surface area contributed by atoms with E-state index in [-0.39, 0.29) is 0 Å². The number of hydrogen-bond acceptors (Lipinski definition) is 2. The lowest BCUT2D eigenvalue weighted by molar-refractivity contribution is 0.171. The molecule has 0 amide bonds. The Morgan fingerprint density at radius 1 is 0.941 bits per heavy atom. The van der Waals surface area contributed by atoms with Crippen LogP contribution in [0.3, 0.4) is 0 Å². The Morgan fingerprint density at radius 2 is 1.59 bits per heavy atom. The van der Waals surface area contributed by atoms with Crippen LogP contribution in [0.25, 0.3) is 0 Å². The number of rotatable bonds is 7. The largest absolute Gasteiger partial charge is 0.329 e. The zero-order valence-electron chi connectivity index (χ0n) is 11.8. The normalized spacial score (nSPS) is 20.8. The minimum atomic E-state index is 0.657. The average molecular weight is 240 g/mol. The highest BCUT2D eigenvalue weighted by molar-refractivity contribution is 4.74. The zero-order valence-corrected chi connectivity index (χ0v) is 11.8. The Kier molecular flexibility index (Phi) is 8.72. The summed E-state index contributed by atoms with van der Waals surface area (Å²) in [4.78, 5) is 2.67. The number of hydrogen-bond donors (Lipinski definition) is 1. The van der Waals surface area contributed by atoms with Crippen LogP contribution in [0.5, 0.6) is 0 Å². The smallest absolute Gasteiger partial charge is 0.0218 e. The summed E-state index contributed by atoms with van der Waals surface area (Å²) in [6.45, 7) is 5.70. The van der Waals surface area contributed by atoms with Gasteiger partial charge in [-0.3, -0.25) is 4.90 Å². The number of likely N-dealkylation sites (tertiary alicyclic amines) is 1. The lowest BCUT2D eigenvalue weighted by atomic mass is 10.0.